The molecule has 3 nitrogen and oxygen atoms in total. The second-order valence-corrected chi connectivity index (χ2v) is 5.77. The van der Waals surface area contributed by atoms with Gasteiger partial charge >= 0.3 is 0 Å². The highest BCUT2D eigenvalue weighted by atomic mass is 16.7. The van der Waals surface area contributed by atoms with Crippen molar-refractivity contribution in [3.8, 4) is 0 Å². The molecule has 0 bridgehead atoms. The van der Waals surface area contributed by atoms with Crippen LogP contribution in [0.15, 0.2) is 0 Å². The highest BCUT2D eigenvalue weighted by Crippen LogP contribution is 2.37. The van der Waals surface area contributed by atoms with Crippen molar-refractivity contribution >= 4 is 0 Å². The Hall–Kier alpha value is -0.120. The highest BCUT2D eigenvalue weighted by molar-refractivity contribution is 4.88. The maximum Gasteiger partial charge on any atom is 0.163 e. The maximum absolute atomic E-state index is 10.2. The number of aliphatic hydroxyl groups is 1. The van der Waals surface area contributed by atoms with Crippen molar-refractivity contribution in [3.63, 3.8) is 0 Å². The van der Waals surface area contributed by atoms with E-state index in [1.165, 1.54) is 0 Å². The van der Waals surface area contributed by atoms with Crippen LogP contribution in [0, 0.1) is 5.41 Å². The van der Waals surface area contributed by atoms with E-state index in [0.29, 0.717) is 6.61 Å². The summed E-state index contributed by atoms with van der Waals surface area (Å²) in [6, 6.07) is 0. The average Bonchev–Trinajstić information content (AvgIpc) is 2.16. The molecule has 0 unspecified atom stereocenters. The second kappa shape index (κ2) is 5.03. The van der Waals surface area contributed by atoms with Crippen LogP contribution in [0.4, 0.5) is 0 Å². The minimum atomic E-state index is -0.522. The van der Waals surface area contributed by atoms with E-state index in [-0.39, 0.29) is 17.6 Å². The Morgan fingerprint density at radius 1 is 1.44 bits per heavy atom. The predicted octanol–water partition coefficient (Wildman–Crippen LogP) is 2.72. The van der Waals surface area contributed by atoms with Crippen molar-refractivity contribution in [1.29, 1.82) is 0 Å². The van der Waals surface area contributed by atoms with E-state index >= 15 is 0 Å². The Bertz CT molecular complexity index is 223. The first-order chi connectivity index (χ1) is 7.29. The van der Waals surface area contributed by atoms with Gasteiger partial charge in [0, 0.05) is 5.41 Å². The SMILES string of the molecule is CCC[C@H](O)C(C)(C)[C@@H]1CCOC(C)(C)O1. The molecule has 0 spiro atoms. The van der Waals surface area contributed by atoms with Crippen molar-refractivity contribution in [2.24, 2.45) is 5.41 Å². The fraction of sp³-hybridized carbons (Fsp3) is 1.00. The zero-order valence-corrected chi connectivity index (χ0v) is 11.2. The number of aliphatic hydroxyl groups excluding tert-OH is 1. The summed E-state index contributed by atoms with van der Waals surface area (Å²) in [6.45, 7) is 10.8. The lowest BCUT2D eigenvalue weighted by molar-refractivity contribution is -0.298. The van der Waals surface area contributed by atoms with Crippen LogP contribution in [-0.2, 0) is 9.47 Å². The molecule has 1 heterocycles. The Kier molecular flexibility index (Phi) is 4.38. The molecule has 1 rings (SSSR count). The molecular weight excluding hydrogens is 204 g/mol. The van der Waals surface area contributed by atoms with Crippen LogP contribution in [0.5, 0.6) is 0 Å². The highest BCUT2D eigenvalue weighted by Gasteiger charge is 2.42. The van der Waals surface area contributed by atoms with Crippen LogP contribution < -0.4 is 0 Å². The Balaban J connectivity index is 2.67. The Labute approximate surface area is 99.1 Å². The topological polar surface area (TPSA) is 38.7 Å². The fourth-order valence-electron chi connectivity index (χ4n) is 2.23. The second-order valence-electron chi connectivity index (χ2n) is 5.77. The maximum atomic E-state index is 10.2. The molecule has 0 saturated carbocycles. The molecule has 1 N–H and O–H groups in total. The van der Waals surface area contributed by atoms with Gasteiger partial charge in [0.25, 0.3) is 0 Å². The van der Waals surface area contributed by atoms with Crippen LogP contribution in [-0.4, -0.2) is 29.7 Å². The summed E-state index contributed by atoms with van der Waals surface area (Å²) in [6.07, 6.45) is 2.44. The van der Waals surface area contributed by atoms with E-state index < -0.39 is 5.79 Å². The molecule has 96 valence electrons. The molecule has 1 aliphatic heterocycles. The third-order valence-electron chi connectivity index (χ3n) is 3.51. The molecule has 0 amide bonds. The molecular formula is C13H26O3. The largest absolute Gasteiger partial charge is 0.392 e. The minimum Gasteiger partial charge on any atom is -0.392 e. The van der Waals surface area contributed by atoms with Gasteiger partial charge in [-0.1, -0.05) is 27.2 Å². The van der Waals surface area contributed by atoms with E-state index in [0.717, 1.165) is 19.3 Å². The Morgan fingerprint density at radius 3 is 2.56 bits per heavy atom. The van der Waals surface area contributed by atoms with Gasteiger partial charge in [0.05, 0.1) is 18.8 Å². The van der Waals surface area contributed by atoms with Crippen LogP contribution in [0.2, 0.25) is 0 Å². The van der Waals surface area contributed by atoms with Crippen LogP contribution in [0.25, 0.3) is 0 Å². The number of ether oxygens (including phenoxy) is 2. The summed E-state index contributed by atoms with van der Waals surface area (Å²) in [5.74, 6) is -0.522. The quantitative estimate of drug-likeness (QED) is 0.807. The molecule has 1 fully saturated rings. The van der Waals surface area contributed by atoms with Gasteiger partial charge in [-0.15, -0.1) is 0 Å². The van der Waals surface area contributed by atoms with Gasteiger partial charge in [-0.3, -0.25) is 0 Å². The zero-order valence-electron chi connectivity index (χ0n) is 11.2. The average molecular weight is 230 g/mol. The summed E-state index contributed by atoms with van der Waals surface area (Å²) in [5, 5.41) is 10.2. The third-order valence-corrected chi connectivity index (χ3v) is 3.51. The fourth-order valence-corrected chi connectivity index (χ4v) is 2.23. The normalized spacial score (nSPS) is 27.8. The van der Waals surface area contributed by atoms with Crippen molar-refractivity contribution in [3.05, 3.63) is 0 Å². The molecule has 0 aromatic carbocycles. The van der Waals surface area contributed by atoms with E-state index in [2.05, 4.69) is 20.8 Å². The van der Waals surface area contributed by atoms with Crippen LogP contribution in [0.3, 0.4) is 0 Å². The molecule has 0 aromatic heterocycles. The van der Waals surface area contributed by atoms with Crippen molar-refractivity contribution in [1.82, 2.24) is 0 Å². The smallest absolute Gasteiger partial charge is 0.163 e. The monoisotopic (exact) mass is 230 g/mol. The molecule has 1 aliphatic rings. The number of rotatable bonds is 4. The molecule has 2 atom stereocenters. The number of hydrogen-bond donors (Lipinski definition) is 1. The lowest BCUT2D eigenvalue weighted by Gasteiger charge is -2.45. The lowest BCUT2D eigenvalue weighted by Crippen LogP contribution is -2.50. The molecule has 0 radical (unpaired) electrons. The van der Waals surface area contributed by atoms with E-state index in [9.17, 15) is 5.11 Å². The van der Waals surface area contributed by atoms with Gasteiger partial charge < -0.3 is 14.6 Å². The van der Waals surface area contributed by atoms with E-state index in [4.69, 9.17) is 9.47 Å². The molecule has 16 heavy (non-hydrogen) atoms. The van der Waals surface area contributed by atoms with Gasteiger partial charge in [0.2, 0.25) is 0 Å². The molecule has 0 aliphatic carbocycles. The van der Waals surface area contributed by atoms with Crippen molar-refractivity contribution in [2.45, 2.75) is 71.9 Å². The van der Waals surface area contributed by atoms with Gasteiger partial charge in [-0.05, 0) is 26.7 Å². The van der Waals surface area contributed by atoms with Gasteiger partial charge in [0.15, 0.2) is 5.79 Å². The van der Waals surface area contributed by atoms with Gasteiger partial charge in [0.1, 0.15) is 0 Å². The summed E-state index contributed by atoms with van der Waals surface area (Å²) in [7, 11) is 0. The van der Waals surface area contributed by atoms with Gasteiger partial charge in [-0.25, -0.2) is 0 Å². The first-order valence-electron chi connectivity index (χ1n) is 6.29. The third kappa shape index (κ3) is 3.19. The van der Waals surface area contributed by atoms with Crippen LogP contribution >= 0.6 is 0 Å². The lowest BCUT2D eigenvalue weighted by atomic mass is 9.77. The zero-order chi connectivity index (χ0) is 12.4. The predicted molar refractivity (Wildman–Crippen MR) is 64.2 cm³/mol. The van der Waals surface area contributed by atoms with E-state index in [1.807, 2.05) is 13.8 Å². The van der Waals surface area contributed by atoms with E-state index in [1.54, 1.807) is 0 Å². The first kappa shape index (κ1) is 13.9. The summed E-state index contributed by atoms with van der Waals surface area (Å²) in [4.78, 5) is 0. The van der Waals surface area contributed by atoms with Gasteiger partial charge in [-0.2, -0.15) is 0 Å². The summed E-state index contributed by atoms with van der Waals surface area (Å²) in [5.41, 5.74) is -0.211. The van der Waals surface area contributed by atoms with Crippen molar-refractivity contribution < 1.29 is 14.6 Å². The molecule has 0 aromatic rings. The first-order valence-corrected chi connectivity index (χ1v) is 6.29. The van der Waals surface area contributed by atoms with Crippen molar-refractivity contribution in [2.75, 3.05) is 6.61 Å². The number of hydrogen-bond acceptors (Lipinski definition) is 3. The standard InChI is InChI=1S/C13H26O3/c1-6-7-10(14)12(2,3)11-8-9-15-13(4,5)16-11/h10-11,14H,6-9H2,1-5H3/t10-,11-/m0/s1. The van der Waals surface area contributed by atoms with Crippen LogP contribution in [0.1, 0.15) is 53.9 Å². The molecule has 1 saturated heterocycles. The molecule has 3 heteroatoms. The Morgan fingerprint density at radius 2 is 2.06 bits per heavy atom. The summed E-state index contributed by atoms with van der Waals surface area (Å²) >= 11 is 0. The summed E-state index contributed by atoms with van der Waals surface area (Å²) < 4.78 is 11.5. The minimum absolute atomic E-state index is 0.0674.